The lowest BCUT2D eigenvalue weighted by Crippen LogP contribution is -2.26. The molecule has 218 valence electrons. The highest BCUT2D eigenvalue weighted by Gasteiger charge is 2.28. The monoisotopic (exact) mass is 626 g/mol. The van der Waals surface area contributed by atoms with Crippen molar-refractivity contribution in [3.05, 3.63) is 171 Å². The molecule has 0 N–H and O–H groups in total. The summed E-state index contributed by atoms with van der Waals surface area (Å²) < 4.78 is 0. The van der Waals surface area contributed by atoms with Crippen LogP contribution in [-0.4, -0.2) is 19.9 Å². The van der Waals surface area contributed by atoms with Gasteiger partial charge in [0.1, 0.15) is 0 Å². The average molecular weight is 627 g/mol. The van der Waals surface area contributed by atoms with E-state index >= 15 is 0 Å². The molecule has 0 amide bonds. The van der Waals surface area contributed by atoms with Gasteiger partial charge in [0.2, 0.25) is 0 Å². The summed E-state index contributed by atoms with van der Waals surface area (Å²) in [6, 6.07) is 44.2. The van der Waals surface area contributed by atoms with Crippen LogP contribution in [0.5, 0.6) is 0 Å². The van der Waals surface area contributed by atoms with Crippen molar-refractivity contribution in [2.24, 2.45) is 0 Å². The van der Waals surface area contributed by atoms with Crippen molar-refractivity contribution < 1.29 is 0 Å². The highest BCUT2D eigenvalue weighted by Crippen LogP contribution is 2.45. The van der Waals surface area contributed by atoms with Gasteiger partial charge < -0.3 is 0 Å². The molecule has 0 radical (unpaired) electrons. The van der Waals surface area contributed by atoms with Gasteiger partial charge in [0.25, 0.3) is 0 Å². The second-order valence-corrected chi connectivity index (χ2v) is 15.2. The highest BCUT2D eigenvalue weighted by molar-refractivity contribution is 7.80. The summed E-state index contributed by atoms with van der Waals surface area (Å²) in [5.74, 6) is 0. The van der Waals surface area contributed by atoms with E-state index in [-0.39, 0.29) is 0 Å². The Morgan fingerprint density at radius 3 is 0.935 bits per heavy atom. The van der Waals surface area contributed by atoms with E-state index in [4.69, 9.17) is 0 Å². The number of pyridine rings is 4. The molecule has 4 aromatic carbocycles. The van der Waals surface area contributed by atoms with Gasteiger partial charge in [-0.2, -0.15) is 0 Å². The van der Waals surface area contributed by atoms with Crippen molar-refractivity contribution in [2.45, 2.75) is 0 Å². The molecular formula is C40H28N4P2. The SMILES string of the molecule is c1ccc2c(-c3c(P(c4ccncc4)c4ccncc4)ccc4ccccc34)c(P(c3ccncc3)c3ccncc3)ccc2c1. The molecule has 0 saturated heterocycles. The van der Waals surface area contributed by atoms with Crippen LogP contribution < -0.4 is 31.8 Å². The summed E-state index contributed by atoms with van der Waals surface area (Å²) in [4.78, 5) is 17.5. The molecule has 0 aliphatic carbocycles. The average Bonchev–Trinajstić information content (AvgIpc) is 3.14. The quantitative estimate of drug-likeness (QED) is 0.184. The number of hydrogen-bond donors (Lipinski definition) is 0. The van der Waals surface area contributed by atoms with Gasteiger partial charge in [-0.3, -0.25) is 19.9 Å². The number of rotatable bonds is 7. The predicted octanol–water partition coefficient (Wildman–Crippen LogP) is 6.76. The minimum Gasteiger partial charge on any atom is -0.265 e. The first kappa shape index (κ1) is 28.3. The summed E-state index contributed by atoms with van der Waals surface area (Å²) in [5.41, 5.74) is 2.56. The Hall–Kier alpha value is -5.14. The first-order valence-electron chi connectivity index (χ1n) is 15.1. The van der Waals surface area contributed by atoms with Gasteiger partial charge in [-0.05, 0) is 129 Å². The van der Waals surface area contributed by atoms with Crippen molar-refractivity contribution in [3.8, 4) is 11.1 Å². The Bertz CT molecular complexity index is 2020. The molecule has 8 rings (SSSR count). The zero-order valence-electron chi connectivity index (χ0n) is 24.8. The molecule has 6 heteroatoms. The third-order valence-corrected chi connectivity index (χ3v) is 13.2. The number of aromatic nitrogens is 4. The summed E-state index contributed by atoms with van der Waals surface area (Å²) >= 11 is 0. The Labute approximate surface area is 270 Å². The van der Waals surface area contributed by atoms with Gasteiger partial charge in [-0.25, -0.2) is 0 Å². The van der Waals surface area contributed by atoms with E-state index in [2.05, 4.69) is 141 Å². The van der Waals surface area contributed by atoms with E-state index in [0.717, 1.165) is 0 Å². The molecular weight excluding hydrogens is 598 g/mol. The summed E-state index contributed by atoms with van der Waals surface area (Å²) in [6.45, 7) is 0. The van der Waals surface area contributed by atoms with Crippen molar-refractivity contribution >= 4 is 69.2 Å². The molecule has 0 bridgehead atoms. The minimum absolute atomic E-state index is 0.952. The summed E-state index contributed by atoms with van der Waals surface area (Å²) in [6.07, 6.45) is 15.2. The standard InChI is InChI=1S/C40H28N4P2/c1-3-7-35-29(5-1)9-11-37(45(31-13-21-41-22-14-31)32-15-23-42-24-16-32)39(35)40-36-8-4-2-6-30(36)10-12-38(40)46(33-17-25-43-26-18-33)34-19-27-44-28-20-34/h1-28H. The number of benzene rings is 4. The van der Waals surface area contributed by atoms with Crippen LogP contribution in [0.1, 0.15) is 0 Å². The minimum atomic E-state index is -0.952. The molecule has 4 nitrogen and oxygen atoms in total. The Morgan fingerprint density at radius 2 is 0.609 bits per heavy atom. The van der Waals surface area contributed by atoms with Crippen LogP contribution in [0, 0.1) is 0 Å². The Morgan fingerprint density at radius 1 is 0.304 bits per heavy atom. The molecule has 0 saturated carbocycles. The van der Waals surface area contributed by atoms with E-state index in [1.807, 2.05) is 49.6 Å². The molecule has 0 aliphatic heterocycles. The van der Waals surface area contributed by atoms with Crippen molar-refractivity contribution in [1.29, 1.82) is 0 Å². The molecule has 0 unspecified atom stereocenters. The van der Waals surface area contributed by atoms with Crippen molar-refractivity contribution in [1.82, 2.24) is 19.9 Å². The van der Waals surface area contributed by atoms with Crippen LogP contribution >= 0.6 is 15.8 Å². The first-order chi connectivity index (χ1) is 22.9. The number of hydrogen-bond acceptors (Lipinski definition) is 4. The summed E-state index contributed by atoms with van der Waals surface area (Å²) in [7, 11) is -1.90. The maximum Gasteiger partial charge on any atom is 0.0274 e. The van der Waals surface area contributed by atoms with E-state index < -0.39 is 15.8 Å². The van der Waals surface area contributed by atoms with E-state index in [9.17, 15) is 0 Å². The predicted molar refractivity (Wildman–Crippen MR) is 195 cm³/mol. The molecule has 0 atom stereocenters. The molecule has 4 heterocycles. The van der Waals surface area contributed by atoms with E-state index in [1.54, 1.807) is 0 Å². The largest absolute Gasteiger partial charge is 0.265 e. The van der Waals surface area contributed by atoms with Crippen LogP contribution in [0.2, 0.25) is 0 Å². The van der Waals surface area contributed by atoms with Crippen LogP contribution in [0.3, 0.4) is 0 Å². The smallest absolute Gasteiger partial charge is 0.0274 e. The third-order valence-electron chi connectivity index (χ3n) is 8.23. The first-order valence-corrected chi connectivity index (χ1v) is 17.8. The lowest BCUT2D eigenvalue weighted by molar-refractivity contribution is 1.34. The lowest BCUT2D eigenvalue weighted by Gasteiger charge is -2.28. The van der Waals surface area contributed by atoms with Crippen LogP contribution in [0.25, 0.3) is 32.7 Å². The van der Waals surface area contributed by atoms with Gasteiger partial charge in [0.15, 0.2) is 0 Å². The molecule has 8 aromatic rings. The maximum atomic E-state index is 4.38. The second kappa shape index (κ2) is 12.7. The molecule has 4 aromatic heterocycles. The van der Waals surface area contributed by atoms with Gasteiger partial charge in [0, 0.05) is 49.6 Å². The normalized spacial score (nSPS) is 11.4. The third kappa shape index (κ3) is 5.26. The van der Waals surface area contributed by atoms with Crippen molar-refractivity contribution in [2.75, 3.05) is 0 Å². The number of fused-ring (bicyclic) bond motifs is 2. The zero-order valence-corrected chi connectivity index (χ0v) is 26.6. The summed E-state index contributed by atoms with van der Waals surface area (Å²) in [5, 5.41) is 12.5. The van der Waals surface area contributed by atoms with E-state index in [0.29, 0.717) is 0 Å². The fourth-order valence-electron chi connectivity index (χ4n) is 6.25. The van der Waals surface area contributed by atoms with Crippen LogP contribution in [0.15, 0.2) is 171 Å². The van der Waals surface area contributed by atoms with Gasteiger partial charge in [-0.1, -0.05) is 72.8 Å². The number of nitrogens with zero attached hydrogens (tertiary/aromatic N) is 4. The molecule has 0 aliphatic rings. The Balaban J connectivity index is 1.53. The van der Waals surface area contributed by atoms with Crippen LogP contribution in [-0.2, 0) is 0 Å². The molecule has 0 fully saturated rings. The Kier molecular flexibility index (Phi) is 7.82. The van der Waals surface area contributed by atoms with Crippen LogP contribution in [0.4, 0.5) is 0 Å². The van der Waals surface area contributed by atoms with Crippen molar-refractivity contribution in [3.63, 3.8) is 0 Å². The zero-order chi connectivity index (χ0) is 30.7. The molecule has 0 spiro atoms. The maximum absolute atomic E-state index is 4.38. The van der Waals surface area contributed by atoms with Gasteiger partial charge >= 0.3 is 0 Å². The van der Waals surface area contributed by atoms with Gasteiger partial charge in [0.05, 0.1) is 0 Å². The fraction of sp³-hybridized carbons (Fsp3) is 0. The fourth-order valence-corrected chi connectivity index (χ4v) is 11.0. The van der Waals surface area contributed by atoms with Gasteiger partial charge in [-0.15, -0.1) is 0 Å². The highest BCUT2D eigenvalue weighted by atomic mass is 31.1. The lowest BCUT2D eigenvalue weighted by atomic mass is 9.93. The van der Waals surface area contributed by atoms with E-state index in [1.165, 1.54) is 64.5 Å². The molecule has 46 heavy (non-hydrogen) atoms. The topological polar surface area (TPSA) is 51.6 Å². The second-order valence-electron chi connectivity index (χ2n) is 10.9.